The molecule has 0 unspecified atom stereocenters. The molecule has 0 bridgehead atoms. The van der Waals surface area contributed by atoms with E-state index >= 15 is 0 Å². The zero-order valence-corrected chi connectivity index (χ0v) is 18.2. The minimum Gasteiger partial charge on any atom is -0.483 e. The Hall–Kier alpha value is -2.97. The second kappa shape index (κ2) is 9.26. The van der Waals surface area contributed by atoms with Gasteiger partial charge in [-0.25, -0.2) is 0 Å². The Morgan fingerprint density at radius 3 is 2.72 bits per heavy atom. The summed E-state index contributed by atoms with van der Waals surface area (Å²) in [7, 11) is 0. The maximum absolute atomic E-state index is 11.9. The van der Waals surface area contributed by atoms with Crippen LogP contribution in [-0.2, 0) is 9.59 Å². The molecule has 1 aliphatic carbocycles. The summed E-state index contributed by atoms with van der Waals surface area (Å²) in [6.45, 7) is 6.20. The molecular formula is C24H30N4O4. The van der Waals surface area contributed by atoms with E-state index in [2.05, 4.69) is 51.3 Å². The lowest BCUT2D eigenvalue weighted by atomic mass is 9.95. The summed E-state index contributed by atoms with van der Waals surface area (Å²) < 4.78 is 0. The van der Waals surface area contributed by atoms with Crippen molar-refractivity contribution in [2.24, 2.45) is 11.3 Å². The van der Waals surface area contributed by atoms with Crippen molar-refractivity contribution < 1.29 is 19.8 Å². The van der Waals surface area contributed by atoms with Crippen LogP contribution in [0.15, 0.2) is 48.8 Å². The molecule has 170 valence electrons. The maximum atomic E-state index is 11.9. The Bertz CT molecular complexity index is 956. The highest BCUT2D eigenvalue weighted by Gasteiger charge is 2.71. The first-order chi connectivity index (χ1) is 15.5. The van der Waals surface area contributed by atoms with Crippen LogP contribution < -0.4 is 10.2 Å². The van der Waals surface area contributed by atoms with Gasteiger partial charge in [0.15, 0.2) is 0 Å². The molecule has 5 rings (SSSR count). The summed E-state index contributed by atoms with van der Waals surface area (Å²) >= 11 is 0. The van der Waals surface area contributed by atoms with Crippen LogP contribution in [0.25, 0.3) is 0 Å². The zero-order chi connectivity index (χ0) is 22.7. The minimum absolute atomic E-state index is 0.100. The van der Waals surface area contributed by atoms with Crippen LogP contribution in [0.4, 0.5) is 5.69 Å². The molecular weight excluding hydrogens is 408 g/mol. The van der Waals surface area contributed by atoms with Gasteiger partial charge < -0.3 is 20.4 Å². The Morgan fingerprint density at radius 2 is 2.03 bits per heavy atom. The van der Waals surface area contributed by atoms with Gasteiger partial charge in [-0.2, -0.15) is 0 Å². The third kappa shape index (κ3) is 4.08. The van der Waals surface area contributed by atoms with Gasteiger partial charge in [0.2, 0.25) is 5.91 Å². The molecule has 2 aromatic rings. The van der Waals surface area contributed by atoms with Crippen molar-refractivity contribution in [2.75, 3.05) is 44.2 Å². The molecule has 2 saturated heterocycles. The number of aryl methyl sites for hydroxylation is 1. The number of nitrogens with one attached hydrogen (secondary N) is 1. The quantitative estimate of drug-likeness (QED) is 0.614. The van der Waals surface area contributed by atoms with Crippen molar-refractivity contribution in [1.82, 2.24) is 15.2 Å². The normalized spacial score (nSPS) is 29.2. The van der Waals surface area contributed by atoms with Crippen molar-refractivity contribution in [3.05, 3.63) is 59.9 Å². The van der Waals surface area contributed by atoms with Crippen molar-refractivity contribution in [1.29, 1.82) is 0 Å². The summed E-state index contributed by atoms with van der Waals surface area (Å²) in [5, 5.41) is 21.1. The number of piperazine rings is 1. The predicted molar refractivity (Wildman–Crippen MR) is 120 cm³/mol. The highest BCUT2D eigenvalue weighted by molar-refractivity contribution is 5.78. The number of amides is 1. The van der Waals surface area contributed by atoms with E-state index in [-0.39, 0.29) is 23.9 Å². The number of nitrogens with zero attached hydrogens (tertiary/aromatic N) is 3. The number of β-amino-alcohol motifs (C(OH)–C–C–N with tert-alkyl or cyclic N) is 1. The fraction of sp³-hybridized carbons (Fsp3) is 0.458. The molecule has 1 amide bonds. The molecule has 3 N–H and O–H groups in total. The minimum atomic E-state index is -0.385. The van der Waals surface area contributed by atoms with E-state index in [1.165, 1.54) is 5.56 Å². The van der Waals surface area contributed by atoms with Crippen molar-refractivity contribution in [3.63, 3.8) is 0 Å². The lowest BCUT2D eigenvalue weighted by molar-refractivity contribution is -0.124. The van der Waals surface area contributed by atoms with Gasteiger partial charge in [0, 0.05) is 56.2 Å². The van der Waals surface area contributed by atoms with Gasteiger partial charge in [0.1, 0.15) is 0 Å². The van der Waals surface area contributed by atoms with Gasteiger partial charge in [-0.05, 0) is 36.0 Å². The van der Waals surface area contributed by atoms with Crippen LogP contribution in [-0.4, -0.2) is 77.8 Å². The van der Waals surface area contributed by atoms with Crippen molar-refractivity contribution in [2.45, 2.75) is 18.9 Å². The van der Waals surface area contributed by atoms with Gasteiger partial charge >= 0.3 is 0 Å². The average Bonchev–Trinajstić information content (AvgIpc) is 3.27. The molecule has 2 aliphatic heterocycles. The highest BCUT2D eigenvalue weighted by Crippen LogP contribution is 2.69. The number of rotatable bonds is 4. The molecule has 32 heavy (non-hydrogen) atoms. The number of carbonyl (C=O) groups excluding carboxylic acids is 1. The SMILES string of the molecule is Cc1cnccc1N1C[C@@H](O)[C@@]2(C1)[C@H](CN1CCNC(=O)C1)[C@H]2c1ccccc1.O=CO. The molecule has 0 radical (unpaired) electrons. The fourth-order valence-corrected chi connectivity index (χ4v) is 5.70. The number of aliphatic hydroxyl groups is 1. The first kappa shape index (κ1) is 22.2. The van der Waals surface area contributed by atoms with Crippen LogP contribution in [0.1, 0.15) is 17.0 Å². The van der Waals surface area contributed by atoms with E-state index < -0.39 is 0 Å². The number of aliphatic hydroxyl groups excluding tert-OH is 1. The first-order valence-electron chi connectivity index (χ1n) is 11.0. The van der Waals surface area contributed by atoms with E-state index in [0.29, 0.717) is 31.5 Å². The van der Waals surface area contributed by atoms with Crippen LogP contribution in [0, 0.1) is 18.3 Å². The predicted octanol–water partition coefficient (Wildman–Crippen LogP) is 1.10. The Balaban J connectivity index is 0.000000775. The molecule has 8 nitrogen and oxygen atoms in total. The maximum Gasteiger partial charge on any atom is 0.290 e. The van der Waals surface area contributed by atoms with Crippen molar-refractivity contribution in [3.8, 4) is 0 Å². The number of carboxylic acid groups (broad SMARTS) is 1. The number of pyridine rings is 1. The molecule has 1 aromatic heterocycles. The zero-order valence-electron chi connectivity index (χ0n) is 18.2. The smallest absolute Gasteiger partial charge is 0.290 e. The number of hydrogen-bond acceptors (Lipinski definition) is 6. The van der Waals surface area contributed by atoms with Crippen LogP contribution >= 0.6 is 0 Å². The molecule has 1 spiro atoms. The summed E-state index contributed by atoms with van der Waals surface area (Å²) in [6.07, 6.45) is 3.33. The number of benzene rings is 1. The molecule has 3 heterocycles. The summed E-state index contributed by atoms with van der Waals surface area (Å²) in [5.41, 5.74) is 3.43. The average molecular weight is 439 g/mol. The van der Waals surface area contributed by atoms with E-state index in [9.17, 15) is 9.90 Å². The Kier molecular flexibility index (Phi) is 6.43. The first-order valence-corrected chi connectivity index (χ1v) is 11.0. The highest BCUT2D eigenvalue weighted by atomic mass is 16.3. The van der Waals surface area contributed by atoms with E-state index in [4.69, 9.17) is 9.90 Å². The second-order valence-electron chi connectivity index (χ2n) is 8.86. The van der Waals surface area contributed by atoms with Gasteiger partial charge in [0.25, 0.3) is 6.47 Å². The van der Waals surface area contributed by atoms with Crippen LogP contribution in [0.5, 0.6) is 0 Å². The van der Waals surface area contributed by atoms with Crippen LogP contribution in [0.2, 0.25) is 0 Å². The van der Waals surface area contributed by atoms with E-state index in [0.717, 1.165) is 30.9 Å². The molecule has 1 saturated carbocycles. The van der Waals surface area contributed by atoms with Crippen LogP contribution in [0.3, 0.4) is 0 Å². The summed E-state index contributed by atoms with van der Waals surface area (Å²) in [6, 6.07) is 12.6. The second-order valence-corrected chi connectivity index (χ2v) is 8.86. The summed E-state index contributed by atoms with van der Waals surface area (Å²) in [4.78, 5) is 29.0. The van der Waals surface area contributed by atoms with Gasteiger partial charge in [-0.1, -0.05) is 30.3 Å². The molecule has 3 fully saturated rings. The van der Waals surface area contributed by atoms with E-state index in [1.807, 2.05) is 24.5 Å². The van der Waals surface area contributed by atoms with Gasteiger partial charge in [-0.15, -0.1) is 0 Å². The molecule has 3 aliphatic rings. The standard InChI is InChI=1S/C23H28N4O2.CH2O2/c1-16-11-24-8-7-19(16)27-13-20(28)23(15-27)18(12-26-10-9-25-21(29)14-26)22(23)17-5-3-2-4-6-17;2-1-3/h2-8,11,18,20,22,28H,9-10,12-15H2,1H3,(H,25,29);1H,(H,2,3)/t18-,20-,22-,23-;/m1./s1. The number of hydrogen-bond donors (Lipinski definition) is 3. The Morgan fingerprint density at radius 1 is 1.28 bits per heavy atom. The largest absolute Gasteiger partial charge is 0.483 e. The lowest BCUT2D eigenvalue weighted by Crippen LogP contribution is -2.48. The fourth-order valence-electron chi connectivity index (χ4n) is 5.70. The Labute approximate surface area is 187 Å². The lowest BCUT2D eigenvalue weighted by Gasteiger charge is -2.27. The number of carbonyl (C=O) groups is 2. The van der Waals surface area contributed by atoms with Crippen molar-refractivity contribution >= 4 is 18.1 Å². The van der Waals surface area contributed by atoms with Gasteiger partial charge in [-0.3, -0.25) is 19.5 Å². The third-order valence-corrected chi connectivity index (χ3v) is 7.10. The topological polar surface area (TPSA) is 106 Å². The monoisotopic (exact) mass is 438 g/mol. The van der Waals surface area contributed by atoms with E-state index in [1.54, 1.807) is 0 Å². The number of aromatic nitrogens is 1. The number of anilines is 1. The molecule has 8 heteroatoms. The third-order valence-electron chi connectivity index (χ3n) is 7.10. The molecule has 4 atom stereocenters. The molecule has 1 aromatic carbocycles. The summed E-state index contributed by atoms with van der Waals surface area (Å²) in [5.74, 6) is 0.761. The van der Waals surface area contributed by atoms with Gasteiger partial charge in [0.05, 0.1) is 12.6 Å².